The minimum atomic E-state index is 0.158. The lowest BCUT2D eigenvalue weighted by Gasteiger charge is -2.19. The van der Waals surface area contributed by atoms with Gasteiger partial charge in [0.1, 0.15) is 11.6 Å². The van der Waals surface area contributed by atoms with Crippen LogP contribution in [0.25, 0.3) is 11.3 Å². The summed E-state index contributed by atoms with van der Waals surface area (Å²) >= 11 is 0. The largest absolute Gasteiger partial charge is 0.496 e. The van der Waals surface area contributed by atoms with E-state index in [1.807, 2.05) is 37.4 Å². The van der Waals surface area contributed by atoms with Crippen LogP contribution in [0.2, 0.25) is 0 Å². The van der Waals surface area contributed by atoms with E-state index in [1.54, 1.807) is 25.7 Å². The first-order chi connectivity index (χ1) is 12.7. The van der Waals surface area contributed by atoms with Crippen molar-refractivity contribution in [3.8, 4) is 17.0 Å². The van der Waals surface area contributed by atoms with Crippen LogP contribution in [0.5, 0.6) is 5.75 Å². The number of hydrogen-bond acceptors (Lipinski definition) is 5. The van der Waals surface area contributed by atoms with Crippen molar-refractivity contribution < 1.29 is 4.74 Å². The second-order valence-corrected chi connectivity index (χ2v) is 6.25. The molecule has 1 aromatic carbocycles. The highest BCUT2D eigenvalue weighted by Gasteiger charge is 2.12. The molecule has 0 fully saturated rings. The second kappa shape index (κ2) is 8.43. The molecule has 3 aromatic rings. The average Bonchev–Trinajstić information content (AvgIpc) is 2.69. The van der Waals surface area contributed by atoms with E-state index in [9.17, 15) is 0 Å². The van der Waals surface area contributed by atoms with E-state index < -0.39 is 0 Å². The van der Waals surface area contributed by atoms with Gasteiger partial charge in [0.15, 0.2) is 0 Å². The standard InChI is InChI=1S/C21H24N4O/c1-4-6-18(17-7-5-10-22-12-17)24-21-14-23-13-19(25-21)16-9-8-15(2)20(11-16)26-3/h5,7-14,18H,4,6H2,1-3H3,(H,24,25). The van der Waals surface area contributed by atoms with Gasteiger partial charge in [0, 0.05) is 18.0 Å². The van der Waals surface area contributed by atoms with E-state index in [1.165, 1.54) is 0 Å². The van der Waals surface area contributed by atoms with E-state index in [0.29, 0.717) is 0 Å². The van der Waals surface area contributed by atoms with E-state index in [0.717, 1.165) is 46.8 Å². The van der Waals surface area contributed by atoms with Gasteiger partial charge < -0.3 is 10.1 Å². The van der Waals surface area contributed by atoms with Crippen molar-refractivity contribution in [3.63, 3.8) is 0 Å². The molecule has 0 aliphatic rings. The lowest BCUT2D eigenvalue weighted by Crippen LogP contribution is -2.12. The summed E-state index contributed by atoms with van der Waals surface area (Å²) < 4.78 is 5.42. The number of hydrogen-bond donors (Lipinski definition) is 1. The maximum Gasteiger partial charge on any atom is 0.145 e. The van der Waals surface area contributed by atoms with Crippen LogP contribution in [0.3, 0.4) is 0 Å². The van der Waals surface area contributed by atoms with E-state index in [2.05, 4.69) is 28.3 Å². The fourth-order valence-corrected chi connectivity index (χ4v) is 2.93. The molecule has 0 saturated carbocycles. The van der Waals surface area contributed by atoms with Gasteiger partial charge in [-0.25, -0.2) is 4.98 Å². The monoisotopic (exact) mass is 348 g/mol. The molecule has 0 radical (unpaired) electrons. The fourth-order valence-electron chi connectivity index (χ4n) is 2.93. The summed E-state index contributed by atoms with van der Waals surface area (Å²) in [6, 6.07) is 10.3. The predicted octanol–water partition coefficient (Wildman–Crippen LogP) is 4.81. The summed E-state index contributed by atoms with van der Waals surface area (Å²) in [7, 11) is 1.68. The topological polar surface area (TPSA) is 59.9 Å². The molecule has 5 nitrogen and oxygen atoms in total. The van der Waals surface area contributed by atoms with Crippen molar-refractivity contribution in [2.75, 3.05) is 12.4 Å². The predicted molar refractivity (Wildman–Crippen MR) is 104 cm³/mol. The van der Waals surface area contributed by atoms with Gasteiger partial charge in [-0.15, -0.1) is 0 Å². The summed E-state index contributed by atoms with van der Waals surface area (Å²) in [5.41, 5.74) is 4.04. The number of aryl methyl sites for hydroxylation is 1. The van der Waals surface area contributed by atoms with Crippen LogP contribution in [0.15, 0.2) is 55.1 Å². The zero-order chi connectivity index (χ0) is 18.4. The first-order valence-corrected chi connectivity index (χ1v) is 8.84. The van der Waals surface area contributed by atoms with E-state index >= 15 is 0 Å². The maximum absolute atomic E-state index is 5.42. The fraction of sp³-hybridized carbons (Fsp3) is 0.286. The van der Waals surface area contributed by atoms with Crippen molar-refractivity contribution in [1.82, 2.24) is 15.0 Å². The normalized spacial score (nSPS) is 11.8. The number of ether oxygens (including phenoxy) is 1. The Balaban J connectivity index is 1.86. The van der Waals surface area contributed by atoms with Crippen molar-refractivity contribution in [3.05, 3.63) is 66.2 Å². The van der Waals surface area contributed by atoms with Crippen LogP contribution in [-0.4, -0.2) is 22.1 Å². The van der Waals surface area contributed by atoms with Crippen LogP contribution < -0.4 is 10.1 Å². The lowest BCUT2D eigenvalue weighted by atomic mass is 10.0. The molecule has 26 heavy (non-hydrogen) atoms. The quantitative estimate of drug-likeness (QED) is 0.664. The van der Waals surface area contributed by atoms with E-state index in [4.69, 9.17) is 9.72 Å². The van der Waals surface area contributed by atoms with Crippen molar-refractivity contribution >= 4 is 5.82 Å². The number of nitrogens with zero attached hydrogens (tertiary/aromatic N) is 3. The number of anilines is 1. The number of pyridine rings is 1. The molecule has 0 aliphatic carbocycles. The maximum atomic E-state index is 5.42. The number of nitrogens with one attached hydrogen (secondary N) is 1. The molecule has 2 aromatic heterocycles. The summed E-state index contributed by atoms with van der Waals surface area (Å²) in [6.45, 7) is 4.20. The van der Waals surface area contributed by atoms with Gasteiger partial charge >= 0.3 is 0 Å². The molecule has 1 unspecified atom stereocenters. The lowest BCUT2D eigenvalue weighted by molar-refractivity contribution is 0.412. The third-order valence-electron chi connectivity index (χ3n) is 4.32. The first kappa shape index (κ1) is 17.9. The minimum absolute atomic E-state index is 0.158. The Bertz CT molecular complexity index is 852. The average molecular weight is 348 g/mol. The molecule has 3 rings (SSSR count). The molecule has 5 heteroatoms. The third kappa shape index (κ3) is 4.17. The summed E-state index contributed by atoms with van der Waals surface area (Å²) in [4.78, 5) is 13.3. The molecule has 0 saturated heterocycles. The zero-order valence-electron chi connectivity index (χ0n) is 15.4. The van der Waals surface area contributed by atoms with Gasteiger partial charge in [-0.05, 0) is 36.6 Å². The van der Waals surface area contributed by atoms with Crippen LogP contribution in [0.1, 0.15) is 36.9 Å². The molecule has 134 valence electrons. The van der Waals surface area contributed by atoms with E-state index in [-0.39, 0.29) is 6.04 Å². The first-order valence-electron chi connectivity index (χ1n) is 8.84. The number of rotatable bonds is 7. The van der Waals surface area contributed by atoms with Gasteiger partial charge in [0.05, 0.1) is 31.2 Å². The van der Waals surface area contributed by atoms with Gasteiger partial charge in [-0.1, -0.05) is 31.5 Å². The Morgan fingerprint density at radius 2 is 2.00 bits per heavy atom. The highest BCUT2D eigenvalue weighted by molar-refractivity contribution is 5.63. The molecular weight excluding hydrogens is 324 g/mol. The summed E-state index contributed by atoms with van der Waals surface area (Å²) in [5.74, 6) is 1.60. The number of benzene rings is 1. The minimum Gasteiger partial charge on any atom is -0.496 e. The molecule has 1 atom stereocenters. The van der Waals surface area contributed by atoms with Gasteiger partial charge in [0.2, 0.25) is 0 Å². The molecule has 0 spiro atoms. The van der Waals surface area contributed by atoms with Crippen molar-refractivity contribution in [2.24, 2.45) is 0 Å². The molecule has 0 bridgehead atoms. The molecule has 0 aliphatic heterocycles. The molecular formula is C21H24N4O. The summed E-state index contributed by atoms with van der Waals surface area (Å²) in [5, 5.41) is 3.50. The van der Waals surface area contributed by atoms with Gasteiger partial charge in [-0.2, -0.15) is 0 Å². The highest BCUT2D eigenvalue weighted by Crippen LogP contribution is 2.27. The SMILES string of the molecule is CCCC(Nc1cncc(-c2ccc(C)c(OC)c2)n1)c1cccnc1. The Morgan fingerprint density at radius 3 is 2.73 bits per heavy atom. The highest BCUT2D eigenvalue weighted by atomic mass is 16.5. The third-order valence-corrected chi connectivity index (χ3v) is 4.32. The van der Waals surface area contributed by atoms with Crippen LogP contribution >= 0.6 is 0 Å². The van der Waals surface area contributed by atoms with Gasteiger partial charge in [0.25, 0.3) is 0 Å². The molecule has 2 heterocycles. The Hall–Kier alpha value is -2.95. The zero-order valence-corrected chi connectivity index (χ0v) is 15.4. The smallest absolute Gasteiger partial charge is 0.145 e. The number of aromatic nitrogens is 3. The van der Waals surface area contributed by atoms with Crippen LogP contribution in [0, 0.1) is 6.92 Å². The van der Waals surface area contributed by atoms with Crippen LogP contribution in [-0.2, 0) is 0 Å². The molecule has 1 N–H and O–H groups in total. The Morgan fingerprint density at radius 1 is 1.12 bits per heavy atom. The molecule has 0 amide bonds. The van der Waals surface area contributed by atoms with Crippen molar-refractivity contribution in [1.29, 1.82) is 0 Å². The van der Waals surface area contributed by atoms with Gasteiger partial charge in [-0.3, -0.25) is 9.97 Å². The van der Waals surface area contributed by atoms with Crippen LogP contribution in [0.4, 0.5) is 5.82 Å². The van der Waals surface area contributed by atoms with Crippen molar-refractivity contribution in [2.45, 2.75) is 32.7 Å². The summed E-state index contributed by atoms with van der Waals surface area (Å²) in [6.07, 6.45) is 9.28. The number of methoxy groups -OCH3 is 1. The Kier molecular flexibility index (Phi) is 5.79. The second-order valence-electron chi connectivity index (χ2n) is 6.25. The Labute approximate surface area is 154 Å².